The second kappa shape index (κ2) is 58.6. The lowest BCUT2D eigenvalue weighted by Crippen LogP contribution is -2.34. The molecule has 13 N–H and O–H groups in total. The van der Waals surface area contributed by atoms with Crippen LogP contribution in [0.2, 0.25) is 0 Å². The van der Waals surface area contributed by atoms with Crippen molar-refractivity contribution < 1.29 is 47.7 Å². The van der Waals surface area contributed by atoms with Crippen molar-refractivity contribution in [3.8, 4) is 0 Å². The predicted molar refractivity (Wildman–Crippen MR) is 537 cm³/mol. The number of anilines is 6. The Balaban J connectivity index is 0.000000264. The highest BCUT2D eigenvalue weighted by molar-refractivity contribution is 7.22. The van der Waals surface area contributed by atoms with Gasteiger partial charge in [-0.2, -0.15) is 0 Å². The molecule has 12 rings (SSSR count). The number of carbonyl (C=O) groups is 5. The van der Waals surface area contributed by atoms with Gasteiger partial charge in [-0.1, -0.05) is 150 Å². The molecule has 0 fully saturated rings. The summed E-state index contributed by atoms with van der Waals surface area (Å²) in [5, 5.41) is 23.2. The fourth-order valence-corrected chi connectivity index (χ4v) is 17.1. The molecule has 38 heteroatoms. The minimum atomic E-state index is -0.560. The van der Waals surface area contributed by atoms with E-state index in [0.29, 0.717) is 207 Å². The number of aromatic nitrogens is 14. The van der Waals surface area contributed by atoms with Crippen LogP contribution in [0.3, 0.4) is 0 Å². The van der Waals surface area contributed by atoms with E-state index in [9.17, 15) is 24.0 Å². The summed E-state index contributed by atoms with van der Waals surface area (Å²) in [6.45, 7) is 25.8. The van der Waals surface area contributed by atoms with Gasteiger partial charge in [0, 0.05) is 154 Å². The number of alkyl carbamates (subject to hydrolysis) is 1. The Morgan fingerprint density at radius 3 is 0.949 bits per heavy atom. The molecule has 0 spiro atoms. The average Bonchev–Trinajstić information content (AvgIpc) is 1.65. The monoisotopic (exact) mass is 1920 g/mol. The van der Waals surface area contributed by atoms with E-state index in [4.69, 9.17) is 59.3 Å². The molecule has 10 heterocycles. The summed E-state index contributed by atoms with van der Waals surface area (Å²) in [5.41, 5.74) is 14.3. The predicted octanol–water partition coefficient (Wildman–Crippen LogP) is 16.3. The van der Waals surface area contributed by atoms with Crippen molar-refractivity contribution >= 4 is 106 Å². The first kappa shape index (κ1) is 106. The van der Waals surface area contributed by atoms with Crippen LogP contribution < -0.4 is 43.0 Å². The number of ether oxygens (including phenoxy) is 5. The average molecular weight is 1920 g/mol. The van der Waals surface area contributed by atoms with E-state index in [2.05, 4.69) is 149 Å². The summed E-state index contributed by atoms with van der Waals surface area (Å²) in [4.78, 5) is 133. The van der Waals surface area contributed by atoms with Crippen molar-refractivity contribution in [3.63, 3.8) is 0 Å². The van der Waals surface area contributed by atoms with Crippen molar-refractivity contribution in [2.24, 2.45) is 5.73 Å². The topological polar surface area (TPSA) is 447 Å². The summed E-state index contributed by atoms with van der Waals surface area (Å²) in [6.07, 6.45) is 27.4. The van der Waals surface area contributed by atoms with Gasteiger partial charge < -0.3 is 86.6 Å². The Bertz CT molecular complexity index is 5230. The molecule has 0 aliphatic carbocycles. The molecular weight excluding hydrogens is 1780 g/mol. The first-order chi connectivity index (χ1) is 66.8. The number of aromatic amines is 4. The number of amides is 5. The fraction of sp³-hybridized carbons (Fsp3) is 0.485. The van der Waals surface area contributed by atoms with Crippen LogP contribution in [0.4, 0.5) is 38.3 Å². The Morgan fingerprint density at radius 2 is 0.657 bits per heavy atom. The number of carbonyl (C=O) groups excluding carboxylic acids is 5. The molecule has 5 amide bonds. The molecule has 36 nitrogen and oxygen atoms in total. The van der Waals surface area contributed by atoms with E-state index in [1.807, 2.05) is 118 Å². The Labute approximate surface area is 811 Å². The van der Waals surface area contributed by atoms with E-state index in [0.717, 1.165) is 176 Å². The molecule has 0 atom stereocenters. The van der Waals surface area contributed by atoms with E-state index >= 15 is 0 Å². The maximum Gasteiger partial charge on any atom is 0.407 e. The number of hydrogen-bond donors (Lipinski definition) is 12. The number of rotatable bonds is 63. The number of unbranched alkanes of at least 4 members (excludes halogenated alkanes) is 8. The summed E-state index contributed by atoms with van der Waals surface area (Å²) < 4.78 is 30.1. The molecule has 12 aromatic rings. The Kier molecular flexibility index (Phi) is 45.1. The highest BCUT2D eigenvalue weighted by Gasteiger charge is 2.25. The number of pyridine rings is 4. The molecule has 0 saturated carbocycles. The second-order valence-electron chi connectivity index (χ2n) is 34.5. The summed E-state index contributed by atoms with van der Waals surface area (Å²) in [7, 11) is 0. The van der Waals surface area contributed by atoms with Crippen molar-refractivity contribution in [3.05, 3.63) is 215 Å². The third-order valence-electron chi connectivity index (χ3n) is 21.5. The Morgan fingerprint density at radius 1 is 0.358 bits per heavy atom. The van der Waals surface area contributed by atoms with Gasteiger partial charge in [-0.3, -0.25) is 38.8 Å². The lowest BCUT2D eigenvalue weighted by molar-refractivity contribution is -0.117. The largest absolute Gasteiger partial charge is 0.444 e. The fourth-order valence-electron chi connectivity index (χ4n) is 15.1. The van der Waals surface area contributed by atoms with Crippen LogP contribution >= 0.6 is 22.7 Å². The maximum atomic E-state index is 12.7. The molecule has 736 valence electrons. The number of imidazole rings is 4. The van der Waals surface area contributed by atoms with Crippen molar-refractivity contribution in [2.75, 3.05) is 111 Å². The minimum Gasteiger partial charge on any atom is -0.444 e. The van der Waals surface area contributed by atoms with Crippen LogP contribution in [0.15, 0.2) is 147 Å². The number of H-pyrrole nitrogens is 4. The number of nitrogens with one attached hydrogen (secondary N) is 11. The summed E-state index contributed by atoms with van der Waals surface area (Å²) >= 11 is 3.21. The Hall–Kier alpha value is -12.0. The van der Waals surface area contributed by atoms with Crippen LogP contribution in [0.25, 0.3) is 20.4 Å². The SMILES string of the molecule is CCCCCC(=O)Nc1cccc(CN(Cc2ncc[nH]2)Cc2ccc(CN(Cc3cccc(NC(=O)CCCCC)n3)Cc3ncc[nH]3)c3sc(NCCOCCOCCN)nc23)n1.CCCCCC(=O)Nc1cccc(CN(Cc2ncc[nH]2)Cc2ccc(CN(Cc3cccc(NC(=O)CCCCC)n3)Cc3ncc[nH]3)c3sc(NCCOCCOCCNC(=O)OC(C)(C)C)nc23)n1. The molecule has 2 aromatic carbocycles. The van der Waals surface area contributed by atoms with Crippen LogP contribution in [0.5, 0.6) is 0 Å². The van der Waals surface area contributed by atoms with Crippen molar-refractivity contribution in [1.82, 2.24) is 94.7 Å². The van der Waals surface area contributed by atoms with Gasteiger partial charge in [-0.15, -0.1) is 0 Å². The smallest absolute Gasteiger partial charge is 0.407 e. The van der Waals surface area contributed by atoms with Gasteiger partial charge in [0.25, 0.3) is 0 Å². The standard InChI is InChI=1S/C52H73N13O6S.C47H65N13O4S/c1-6-8-10-18-46(66)61-42-16-12-14-40(59-42)34-64(36-44-53-22-23-54-44)32-38-20-21-39(49-48(38)63-50(72-49)57-26-28-69-30-31-70-29-27-58-51(68)71-52(3,4)5)33-65(37-45-55-24-25-56-45)35-41-15-13-17-43(60-41)62-47(67)19-11-9-7-2;1-3-5-7-15-43(61)56-39-13-9-11-37(54-39)31-59(33-41-49-20-21-50-41)29-35-17-18-36(46-45(35)58-47(65-46)53-24-26-64-28-27-63-25-19-48)30-60(34-42-51-22-23-52-42)32-38-12-10-14-40(55-38)57-44(62)16-8-6-4-2/h12-17,20-25H,6-11,18-19,26-37H2,1-5H3,(H,53,54)(H,55,56)(H,57,63)(H,58,68)(H,59,61,66)(H,60,62,67);9-14,17-18,20-23H,3-8,15-16,19,24-34,48H2,1-2H3,(H,49,50)(H,51,52)(H,53,58)(H,54,56,61)(H,55,57,62). The van der Waals surface area contributed by atoms with Crippen LogP contribution in [0.1, 0.15) is 220 Å². The second-order valence-corrected chi connectivity index (χ2v) is 36.5. The number of nitrogens with two attached hydrogens (primary N) is 1. The number of hydrogen-bond acceptors (Lipinski definition) is 29. The summed E-state index contributed by atoms with van der Waals surface area (Å²) in [6, 6.07) is 31.7. The number of thiazole rings is 2. The molecule has 0 aliphatic rings. The van der Waals surface area contributed by atoms with Gasteiger partial charge in [0.2, 0.25) is 23.6 Å². The van der Waals surface area contributed by atoms with Gasteiger partial charge in [-0.25, -0.2) is 54.6 Å². The zero-order chi connectivity index (χ0) is 96.5. The molecular formula is C99H138N26O10S2. The van der Waals surface area contributed by atoms with E-state index < -0.39 is 11.7 Å². The molecule has 137 heavy (non-hydrogen) atoms. The first-order valence-electron chi connectivity index (χ1n) is 47.9. The highest BCUT2D eigenvalue weighted by atomic mass is 32.1. The van der Waals surface area contributed by atoms with Gasteiger partial charge in [-0.05, 0) is 117 Å². The molecule has 0 unspecified atom stereocenters. The third-order valence-corrected chi connectivity index (χ3v) is 23.7. The van der Waals surface area contributed by atoms with Gasteiger partial charge >= 0.3 is 6.09 Å². The zero-order valence-corrected chi connectivity index (χ0v) is 82.0. The van der Waals surface area contributed by atoms with E-state index in [1.165, 1.54) is 0 Å². The van der Waals surface area contributed by atoms with E-state index in [1.54, 1.807) is 47.5 Å². The highest BCUT2D eigenvalue weighted by Crippen LogP contribution is 2.37. The van der Waals surface area contributed by atoms with Crippen LogP contribution in [0, 0.1) is 0 Å². The normalized spacial score (nSPS) is 11.6. The third kappa shape index (κ3) is 38.9. The summed E-state index contributed by atoms with van der Waals surface area (Å²) in [5.74, 6) is 5.34. The molecule has 0 aliphatic heterocycles. The molecule has 0 bridgehead atoms. The van der Waals surface area contributed by atoms with Gasteiger partial charge in [0.05, 0.1) is 122 Å². The number of benzene rings is 2. The number of nitrogens with zero attached hydrogens (tertiary/aromatic N) is 14. The molecule has 0 saturated heterocycles. The zero-order valence-electron chi connectivity index (χ0n) is 80.4. The van der Waals surface area contributed by atoms with Gasteiger partial charge in [0.15, 0.2) is 10.3 Å². The molecule has 10 aromatic heterocycles. The number of fused-ring (bicyclic) bond motifs is 2. The lowest BCUT2D eigenvalue weighted by atomic mass is 10.1. The van der Waals surface area contributed by atoms with Crippen molar-refractivity contribution in [1.29, 1.82) is 0 Å². The van der Waals surface area contributed by atoms with Crippen LogP contribution in [-0.2, 0) is 121 Å². The quantitative estimate of drug-likeness (QED) is 0.0158. The van der Waals surface area contributed by atoms with Crippen molar-refractivity contribution in [2.45, 2.75) is 235 Å². The minimum absolute atomic E-state index is 0.0232. The van der Waals surface area contributed by atoms with E-state index in [-0.39, 0.29) is 23.6 Å². The maximum absolute atomic E-state index is 12.7. The van der Waals surface area contributed by atoms with Gasteiger partial charge in [0.1, 0.15) is 52.2 Å². The molecule has 0 radical (unpaired) electrons. The lowest BCUT2D eigenvalue weighted by Gasteiger charge is -2.23. The first-order valence-corrected chi connectivity index (χ1v) is 49.6. The van der Waals surface area contributed by atoms with Crippen LogP contribution in [-0.4, -0.2) is 204 Å².